The summed E-state index contributed by atoms with van der Waals surface area (Å²) in [4.78, 5) is 12.2. The van der Waals surface area contributed by atoms with E-state index in [9.17, 15) is 4.79 Å². The SMILES string of the molecule is Cc1cc(C#CCO)cc(NC(=O)c2cn(C)nc2C)c1. The number of aromatic nitrogens is 2. The molecule has 1 aromatic heterocycles. The van der Waals surface area contributed by atoms with Crippen LogP contribution in [0.5, 0.6) is 0 Å². The third-order valence-corrected chi connectivity index (χ3v) is 2.91. The summed E-state index contributed by atoms with van der Waals surface area (Å²) in [7, 11) is 1.78. The zero-order valence-electron chi connectivity index (χ0n) is 12.3. The molecule has 0 aliphatic carbocycles. The molecule has 2 aromatic rings. The van der Waals surface area contributed by atoms with Crippen LogP contribution in [0.1, 0.15) is 27.2 Å². The van der Waals surface area contributed by atoms with Crippen molar-refractivity contribution < 1.29 is 9.90 Å². The molecule has 2 rings (SSSR count). The predicted molar refractivity (Wildman–Crippen MR) is 81.0 cm³/mol. The molecule has 2 N–H and O–H groups in total. The van der Waals surface area contributed by atoms with Crippen LogP contribution < -0.4 is 5.32 Å². The second-order valence-corrected chi connectivity index (χ2v) is 4.80. The molecule has 0 radical (unpaired) electrons. The Morgan fingerprint density at radius 3 is 2.76 bits per heavy atom. The van der Waals surface area contributed by atoms with E-state index in [-0.39, 0.29) is 12.5 Å². The molecule has 0 saturated heterocycles. The number of aryl methyl sites for hydroxylation is 3. The Labute approximate surface area is 123 Å². The summed E-state index contributed by atoms with van der Waals surface area (Å²) in [5, 5.41) is 15.7. The van der Waals surface area contributed by atoms with Gasteiger partial charge in [0.25, 0.3) is 5.91 Å². The number of nitrogens with one attached hydrogen (secondary N) is 1. The van der Waals surface area contributed by atoms with Crippen LogP contribution in [0.15, 0.2) is 24.4 Å². The fraction of sp³-hybridized carbons (Fsp3) is 0.250. The van der Waals surface area contributed by atoms with Crippen LogP contribution in [0, 0.1) is 25.7 Å². The van der Waals surface area contributed by atoms with E-state index >= 15 is 0 Å². The minimum atomic E-state index is -0.202. The zero-order chi connectivity index (χ0) is 15.4. The van der Waals surface area contributed by atoms with Gasteiger partial charge in [0, 0.05) is 24.5 Å². The lowest BCUT2D eigenvalue weighted by Gasteiger charge is -2.06. The number of aliphatic hydroxyl groups is 1. The van der Waals surface area contributed by atoms with Crippen LogP contribution in [-0.4, -0.2) is 27.4 Å². The van der Waals surface area contributed by atoms with Gasteiger partial charge in [-0.05, 0) is 37.6 Å². The van der Waals surface area contributed by atoms with Gasteiger partial charge in [0.05, 0.1) is 11.3 Å². The number of anilines is 1. The maximum absolute atomic E-state index is 12.2. The van der Waals surface area contributed by atoms with E-state index in [4.69, 9.17) is 5.11 Å². The molecule has 1 aromatic carbocycles. The van der Waals surface area contributed by atoms with E-state index in [2.05, 4.69) is 22.3 Å². The molecule has 0 saturated carbocycles. The van der Waals surface area contributed by atoms with Crippen LogP contribution in [0.3, 0.4) is 0 Å². The molecule has 5 nitrogen and oxygen atoms in total. The average Bonchev–Trinajstić information content (AvgIpc) is 2.75. The fourth-order valence-corrected chi connectivity index (χ4v) is 2.09. The highest BCUT2D eigenvalue weighted by molar-refractivity contribution is 6.05. The molecule has 0 aliphatic heterocycles. The van der Waals surface area contributed by atoms with Crippen LogP contribution in [0.4, 0.5) is 5.69 Å². The Bertz CT molecular complexity index is 736. The van der Waals surface area contributed by atoms with E-state index < -0.39 is 0 Å². The van der Waals surface area contributed by atoms with Crippen molar-refractivity contribution in [3.05, 3.63) is 46.8 Å². The summed E-state index contributed by atoms with van der Waals surface area (Å²) in [6.07, 6.45) is 1.69. The molecule has 21 heavy (non-hydrogen) atoms. The molecule has 108 valence electrons. The maximum Gasteiger partial charge on any atom is 0.259 e. The van der Waals surface area contributed by atoms with E-state index in [1.807, 2.05) is 19.1 Å². The van der Waals surface area contributed by atoms with Crippen LogP contribution in [0.25, 0.3) is 0 Å². The Balaban J connectivity index is 2.25. The first kappa shape index (κ1) is 14.8. The Kier molecular flexibility index (Phi) is 4.41. The Morgan fingerprint density at radius 2 is 2.14 bits per heavy atom. The van der Waals surface area contributed by atoms with Gasteiger partial charge in [0.2, 0.25) is 0 Å². The number of carbonyl (C=O) groups is 1. The second kappa shape index (κ2) is 6.25. The third kappa shape index (κ3) is 3.71. The largest absolute Gasteiger partial charge is 0.384 e. The van der Waals surface area contributed by atoms with Crippen molar-refractivity contribution in [3.63, 3.8) is 0 Å². The van der Waals surface area contributed by atoms with E-state index in [1.165, 1.54) is 0 Å². The molecule has 0 atom stereocenters. The molecule has 0 fully saturated rings. The average molecular weight is 283 g/mol. The molecule has 0 unspecified atom stereocenters. The van der Waals surface area contributed by atoms with Crippen LogP contribution >= 0.6 is 0 Å². The van der Waals surface area contributed by atoms with Crippen LogP contribution in [-0.2, 0) is 7.05 Å². The van der Waals surface area contributed by atoms with E-state index in [0.717, 1.165) is 11.1 Å². The van der Waals surface area contributed by atoms with E-state index in [1.54, 1.807) is 30.9 Å². The van der Waals surface area contributed by atoms with Crippen molar-refractivity contribution in [2.75, 3.05) is 11.9 Å². The van der Waals surface area contributed by atoms with Crippen molar-refractivity contribution in [2.24, 2.45) is 7.05 Å². The Hall–Kier alpha value is -2.58. The van der Waals surface area contributed by atoms with Gasteiger partial charge in [-0.1, -0.05) is 11.8 Å². The van der Waals surface area contributed by atoms with Crippen molar-refractivity contribution in [1.29, 1.82) is 0 Å². The number of benzene rings is 1. The number of hydrogen-bond donors (Lipinski definition) is 2. The summed E-state index contributed by atoms with van der Waals surface area (Å²) in [5.41, 5.74) is 3.63. The van der Waals surface area contributed by atoms with Crippen molar-refractivity contribution in [2.45, 2.75) is 13.8 Å². The number of aliphatic hydroxyl groups excluding tert-OH is 1. The summed E-state index contributed by atoms with van der Waals surface area (Å²) in [5.74, 6) is 5.23. The number of rotatable bonds is 2. The first-order chi connectivity index (χ1) is 9.99. The molecule has 0 aliphatic rings. The lowest BCUT2D eigenvalue weighted by atomic mass is 10.1. The van der Waals surface area contributed by atoms with Gasteiger partial charge in [-0.25, -0.2) is 0 Å². The minimum Gasteiger partial charge on any atom is -0.384 e. The highest BCUT2D eigenvalue weighted by Gasteiger charge is 2.12. The summed E-state index contributed by atoms with van der Waals surface area (Å²) < 4.78 is 1.61. The third-order valence-electron chi connectivity index (χ3n) is 2.91. The van der Waals surface area contributed by atoms with Gasteiger partial charge < -0.3 is 10.4 Å². The number of amides is 1. The zero-order valence-corrected chi connectivity index (χ0v) is 12.3. The van der Waals surface area contributed by atoms with E-state index in [0.29, 0.717) is 16.9 Å². The Morgan fingerprint density at radius 1 is 1.38 bits per heavy atom. The first-order valence-electron chi connectivity index (χ1n) is 6.52. The van der Waals surface area contributed by atoms with Gasteiger partial charge in [-0.15, -0.1) is 0 Å². The van der Waals surface area contributed by atoms with Gasteiger partial charge in [-0.2, -0.15) is 5.10 Å². The fourth-order valence-electron chi connectivity index (χ4n) is 2.09. The number of carbonyl (C=O) groups excluding carboxylic acids is 1. The van der Waals surface area contributed by atoms with Gasteiger partial charge in [-0.3, -0.25) is 9.48 Å². The molecular formula is C16H17N3O2. The highest BCUT2D eigenvalue weighted by atomic mass is 16.2. The molecule has 0 spiro atoms. The highest BCUT2D eigenvalue weighted by Crippen LogP contribution is 2.16. The monoisotopic (exact) mass is 283 g/mol. The number of nitrogens with zero attached hydrogens (tertiary/aromatic N) is 2. The van der Waals surface area contributed by atoms with Gasteiger partial charge in [0.15, 0.2) is 0 Å². The van der Waals surface area contributed by atoms with Crippen molar-refractivity contribution in [3.8, 4) is 11.8 Å². The summed E-state index contributed by atoms with van der Waals surface area (Å²) in [6, 6.07) is 5.54. The second-order valence-electron chi connectivity index (χ2n) is 4.80. The van der Waals surface area contributed by atoms with Crippen molar-refractivity contribution in [1.82, 2.24) is 9.78 Å². The topological polar surface area (TPSA) is 67.2 Å². The minimum absolute atomic E-state index is 0.190. The van der Waals surface area contributed by atoms with Gasteiger partial charge in [0.1, 0.15) is 6.61 Å². The van der Waals surface area contributed by atoms with Crippen molar-refractivity contribution >= 4 is 11.6 Å². The normalized spacial score (nSPS) is 9.90. The molecule has 5 heteroatoms. The quantitative estimate of drug-likeness (QED) is 0.823. The smallest absolute Gasteiger partial charge is 0.259 e. The maximum atomic E-state index is 12.2. The standard InChI is InChI=1S/C16H17N3O2/c1-11-7-13(5-4-6-20)9-14(8-11)17-16(21)15-10-19(3)18-12(15)2/h7-10,20H,6H2,1-3H3,(H,17,21). The van der Waals surface area contributed by atoms with Gasteiger partial charge >= 0.3 is 0 Å². The lowest BCUT2D eigenvalue weighted by Crippen LogP contribution is -2.12. The lowest BCUT2D eigenvalue weighted by molar-refractivity contribution is 0.102. The molecule has 0 bridgehead atoms. The molecule has 1 amide bonds. The first-order valence-corrected chi connectivity index (χ1v) is 6.52. The summed E-state index contributed by atoms with van der Waals surface area (Å²) >= 11 is 0. The summed E-state index contributed by atoms with van der Waals surface area (Å²) in [6.45, 7) is 3.53. The predicted octanol–water partition coefficient (Wildman–Crippen LogP) is 1.63. The number of hydrogen-bond acceptors (Lipinski definition) is 3. The van der Waals surface area contributed by atoms with Crippen LogP contribution in [0.2, 0.25) is 0 Å². The molecular weight excluding hydrogens is 266 g/mol. The molecule has 1 heterocycles.